The molecular weight excluding hydrogens is 268 g/mol. The lowest BCUT2D eigenvalue weighted by Gasteiger charge is -2.05. The molecule has 94 valence electrons. The highest BCUT2D eigenvalue weighted by atomic mass is 35.5. The van der Waals surface area contributed by atoms with Crippen LogP contribution in [-0.2, 0) is 0 Å². The van der Waals surface area contributed by atoms with Gasteiger partial charge in [0.05, 0.1) is 10.8 Å². The molecule has 4 nitrogen and oxygen atoms in total. The molecule has 0 aliphatic carbocycles. The molecule has 1 aliphatic heterocycles. The molecule has 2 aromatic carbocycles. The predicted molar refractivity (Wildman–Crippen MR) is 71.1 cm³/mol. The van der Waals surface area contributed by atoms with Gasteiger partial charge in [0.25, 0.3) is 0 Å². The topological polar surface area (TPSA) is 48.7 Å². The number of fused-ring (bicyclic) bond motifs is 5. The average Bonchev–Trinajstić information content (AvgIpc) is 2.87. The van der Waals surface area contributed by atoms with Crippen molar-refractivity contribution in [3.05, 3.63) is 45.8 Å². The third-order valence-corrected chi connectivity index (χ3v) is 3.41. The summed E-state index contributed by atoms with van der Waals surface area (Å²) in [6, 6.07) is 8.56. The molecule has 0 radical (unpaired) electrons. The fraction of sp³-hybridized carbons (Fsp3) is 0.0714. The number of hydrogen-bond donors (Lipinski definition) is 0. The quantitative estimate of drug-likeness (QED) is 0.466. The zero-order valence-electron chi connectivity index (χ0n) is 9.60. The van der Waals surface area contributed by atoms with Crippen LogP contribution in [0.1, 0.15) is 0 Å². The molecular formula is C14H7ClO4. The Morgan fingerprint density at radius 2 is 1.95 bits per heavy atom. The summed E-state index contributed by atoms with van der Waals surface area (Å²) in [6.07, 6.45) is 0. The Bertz CT molecular complexity index is 882. The Balaban J connectivity index is 2.30. The van der Waals surface area contributed by atoms with E-state index in [0.29, 0.717) is 27.5 Å². The first-order valence-corrected chi connectivity index (χ1v) is 6.06. The number of halogens is 1. The zero-order chi connectivity index (χ0) is 13.0. The van der Waals surface area contributed by atoms with Gasteiger partial charge in [0.2, 0.25) is 6.79 Å². The first-order valence-electron chi connectivity index (χ1n) is 5.69. The van der Waals surface area contributed by atoms with Crippen molar-refractivity contribution in [2.45, 2.75) is 0 Å². The second-order valence-electron chi connectivity index (χ2n) is 4.25. The van der Waals surface area contributed by atoms with Gasteiger partial charge in [0, 0.05) is 10.4 Å². The summed E-state index contributed by atoms with van der Waals surface area (Å²) in [5.41, 5.74) is 0.0629. The normalized spacial score (nSPS) is 13.3. The van der Waals surface area contributed by atoms with Crippen LogP contribution >= 0.6 is 11.6 Å². The van der Waals surface area contributed by atoms with E-state index in [9.17, 15) is 4.79 Å². The van der Waals surface area contributed by atoms with E-state index in [1.165, 1.54) is 0 Å². The summed E-state index contributed by atoms with van der Waals surface area (Å²) in [5, 5.41) is 2.41. The van der Waals surface area contributed by atoms with Crippen LogP contribution in [0.5, 0.6) is 11.5 Å². The van der Waals surface area contributed by atoms with Crippen LogP contribution in [-0.4, -0.2) is 6.79 Å². The summed E-state index contributed by atoms with van der Waals surface area (Å²) < 4.78 is 16.1. The van der Waals surface area contributed by atoms with E-state index in [2.05, 4.69) is 0 Å². The minimum Gasteiger partial charge on any atom is -0.454 e. The Hall–Kier alpha value is -2.20. The van der Waals surface area contributed by atoms with E-state index in [1.807, 2.05) is 0 Å². The highest BCUT2D eigenvalue weighted by Crippen LogP contribution is 2.41. The van der Waals surface area contributed by atoms with Crippen molar-refractivity contribution in [3.63, 3.8) is 0 Å². The van der Waals surface area contributed by atoms with Crippen molar-refractivity contribution in [2.75, 3.05) is 6.79 Å². The fourth-order valence-electron chi connectivity index (χ4n) is 2.35. The molecule has 0 amide bonds. The zero-order valence-corrected chi connectivity index (χ0v) is 10.4. The Morgan fingerprint density at radius 1 is 1.05 bits per heavy atom. The van der Waals surface area contributed by atoms with Gasteiger partial charge in [-0.2, -0.15) is 0 Å². The lowest BCUT2D eigenvalue weighted by atomic mass is 10.1. The van der Waals surface area contributed by atoms with Crippen molar-refractivity contribution in [1.82, 2.24) is 0 Å². The molecule has 19 heavy (non-hydrogen) atoms. The first-order chi connectivity index (χ1) is 9.24. The molecule has 5 heteroatoms. The maximum absolute atomic E-state index is 11.9. The number of ether oxygens (including phenoxy) is 2. The lowest BCUT2D eigenvalue weighted by Crippen LogP contribution is -2.00. The average molecular weight is 275 g/mol. The maximum atomic E-state index is 11.9. The van der Waals surface area contributed by atoms with E-state index in [0.717, 1.165) is 10.8 Å². The second-order valence-corrected chi connectivity index (χ2v) is 4.69. The molecule has 0 saturated heterocycles. The standard InChI is InChI=1S/C14H7ClO4/c15-7-1-2-8-9(5-7)14(16)19-10-3-4-11-13(12(8)10)18-6-17-11/h1-5H,6H2. The van der Waals surface area contributed by atoms with Gasteiger partial charge in [-0.1, -0.05) is 17.7 Å². The Labute approximate surface area is 112 Å². The van der Waals surface area contributed by atoms with Crippen molar-refractivity contribution < 1.29 is 13.9 Å². The van der Waals surface area contributed by atoms with Gasteiger partial charge in [-0.3, -0.25) is 0 Å². The smallest absolute Gasteiger partial charge is 0.344 e. The maximum Gasteiger partial charge on any atom is 0.344 e. The number of rotatable bonds is 0. The van der Waals surface area contributed by atoms with Gasteiger partial charge < -0.3 is 13.9 Å². The molecule has 4 rings (SSSR count). The van der Waals surface area contributed by atoms with E-state index in [4.69, 9.17) is 25.5 Å². The molecule has 0 fully saturated rings. The molecule has 0 spiro atoms. The molecule has 0 unspecified atom stereocenters. The molecule has 3 aromatic rings. The van der Waals surface area contributed by atoms with Crippen LogP contribution in [0.15, 0.2) is 39.5 Å². The van der Waals surface area contributed by atoms with Crippen molar-refractivity contribution in [3.8, 4) is 11.5 Å². The highest BCUT2D eigenvalue weighted by molar-refractivity contribution is 6.31. The van der Waals surface area contributed by atoms with E-state index >= 15 is 0 Å². The van der Waals surface area contributed by atoms with E-state index in [-0.39, 0.29) is 6.79 Å². The van der Waals surface area contributed by atoms with Gasteiger partial charge >= 0.3 is 5.63 Å². The van der Waals surface area contributed by atoms with Crippen LogP contribution in [0.4, 0.5) is 0 Å². The van der Waals surface area contributed by atoms with E-state index in [1.54, 1.807) is 30.3 Å². The molecule has 0 bridgehead atoms. The predicted octanol–water partition coefficient (Wildman–Crippen LogP) is 3.33. The summed E-state index contributed by atoms with van der Waals surface area (Å²) in [6.45, 7) is 0.169. The third-order valence-electron chi connectivity index (χ3n) is 3.17. The van der Waals surface area contributed by atoms with Crippen LogP contribution < -0.4 is 15.1 Å². The molecule has 0 atom stereocenters. The largest absolute Gasteiger partial charge is 0.454 e. The fourth-order valence-corrected chi connectivity index (χ4v) is 2.52. The van der Waals surface area contributed by atoms with Crippen molar-refractivity contribution in [2.24, 2.45) is 0 Å². The Morgan fingerprint density at radius 3 is 2.84 bits per heavy atom. The monoisotopic (exact) mass is 274 g/mol. The molecule has 1 aromatic heterocycles. The van der Waals surface area contributed by atoms with Gasteiger partial charge in [-0.25, -0.2) is 4.79 Å². The summed E-state index contributed by atoms with van der Waals surface area (Å²) >= 11 is 5.92. The summed E-state index contributed by atoms with van der Waals surface area (Å²) in [7, 11) is 0. The summed E-state index contributed by atoms with van der Waals surface area (Å²) in [5.74, 6) is 1.26. The van der Waals surface area contributed by atoms with Crippen LogP contribution in [0, 0.1) is 0 Å². The van der Waals surface area contributed by atoms with Gasteiger partial charge in [0.1, 0.15) is 5.58 Å². The van der Waals surface area contributed by atoms with Gasteiger partial charge in [-0.15, -0.1) is 0 Å². The minimum atomic E-state index is -0.413. The molecule has 1 aliphatic rings. The van der Waals surface area contributed by atoms with Gasteiger partial charge in [-0.05, 0) is 24.3 Å². The van der Waals surface area contributed by atoms with E-state index < -0.39 is 5.63 Å². The summed E-state index contributed by atoms with van der Waals surface area (Å²) in [4.78, 5) is 11.9. The number of hydrogen-bond acceptors (Lipinski definition) is 4. The molecule has 0 saturated carbocycles. The SMILES string of the molecule is O=c1oc2ccc3c(c2c2ccc(Cl)cc12)OCO3. The van der Waals surface area contributed by atoms with Crippen molar-refractivity contribution >= 4 is 33.3 Å². The molecule has 0 N–H and O–H groups in total. The Kier molecular flexibility index (Phi) is 2.05. The number of benzene rings is 2. The van der Waals surface area contributed by atoms with Crippen LogP contribution in [0.25, 0.3) is 21.7 Å². The first kappa shape index (κ1) is 10.7. The van der Waals surface area contributed by atoms with Crippen LogP contribution in [0.3, 0.4) is 0 Å². The van der Waals surface area contributed by atoms with Gasteiger partial charge in [0.15, 0.2) is 11.5 Å². The van der Waals surface area contributed by atoms with Crippen molar-refractivity contribution in [1.29, 1.82) is 0 Å². The molecule has 2 heterocycles. The second kappa shape index (κ2) is 3.65. The van der Waals surface area contributed by atoms with Crippen LogP contribution in [0.2, 0.25) is 5.02 Å². The lowest BCUT2D eigenvalue weighted by molar-refractivity contribution is 0.175. The third kappa shape index (κ3) is 1.43. The highest BCUT2D eigenvalue weighted by Gasteiger charge is 2.20. The minimum absolute atomic E-state index is 0.169.